The van der Waals surface area contributed by atoms with Gasteiger partial charge >= 0.3 is 0 Å². The molecule has 1 amide bonds. The molecule has 1 atom stereocenters. The molecule has 5 heteroatoms. The number of carbonyl (C=O) groups is 1. The Morgan fingerprint density at radius 2 is 2.14 bits per heavy atom. The molecule has 2 heterocycles. The van der Waals surface area contributed by atoms with Gasteiger partial charge < -0.3 is 4.90 Å². The average molecular weight is 382 g/mol. The predicted molar refractivity (Wildman–Crippen MR) is 92.9 cm³/mol. The number of hydrogen-bond donors (Lipinski definition) is 0. The Morgan fingerprint density at radius 3 is 2.86 bits per heavy atom. The van der Waals surface area contributed by atoms with Crippen LogP contribution in [0, 0.1) is 0 Å². The van der Waals surface area contributed by atoms with Crippen LogP contribution in [0.25, 0.3) is 0 Å². The van der Waals surface area contributed by atoms with Crippen LogP contribution in [0.2, 0.25) is 0 Å². The summed E-state index contributed by atoms with van der Waals surface area (Å²) in [7, 11) is 0. The van der Waals surface area contributed by atoms with E-state index in [2.05, 4.69) is 38.3 Å². The quantitative estimate of drug-likeness (QED) is 0.696. The first-order chi connectivity index (χ1) is 10.2. The van der Waals surface area contributed by atoms with Crippen LogP contribution in [-0.4, -0.2) is 23.1 Å². The van der Waals surface area contributed by atoms with E-state index in [0.717, 1.165) is 28.8 Å². The highest BCUT2D eigenvalue weighted by atomic mass is 79.9. The van der Waals surface area contributed by atoms with Crippen LogP contribution in [0.4, 0.5) is 0 Å². The molecular weight excluding hydrogens is 366 g/mol. The summed E-state index contributed by atoms with van der Waals surface area (Å²) in [6.45, 7) is 0.891. The highest BCUT2D eigenvalue weighted by Crippen LogP contribution is 2.35. The summed E-state index contributed by atoms with van der Waals surface area (Å²) in [5, 5.41) is 2.09. The molecule has 0 bridgehead atoms. The number of amides is 1. The lowest BCUT2D eigenvalue weighted by molar-refractivity contribution is -0.129. The Balaban J connectivity index is 1.61. The standard InChI is InChI=1S/C16H16BrNOS2/c17-12-5-7-13(8-6-12)21-11-16(19)18-9-1-3-14(18)15-4-2-10-20-15/h2,4-8,10,14H,1,3,9,11H2. The second kappa shape index (κ2) is 6.99. The highest BCUT2D eigenvalue weighted by Gasteiger charge is 2.30. The molecule has 0 N–H and O–H groups in total. The van der Waals surface area contributed by atoms with Crippen LogP contribution in [0.3, 0.4) is 0 Å². The van der Waals surface area contributed by atoms with Gasteiger partial charge in [0.2, 0.25) is 5.91 Å². The zero-order valence-electron chi connectivity index (χ0n) is 11.5. The smallest absolute Gasteiger partial charge is 0.233 e. The summed E-state index contributed by atoms with van der Waals surface area (Å²) < 4.78 is 1.07. The summed E-state index contributed by atoms with van der Waals surface area (Å²) in [6.07, 6.45) is 2.20. The molecular formula is C16H16BrNOS2. The second-order valence-electron chi connectivity index (χ2n) is 5.00. The molecule has 0 saturated carbocycles. The lowest BCUT2D eigenvalue weighted by atomic mass is 10.2. The zero-order chi connectivity index (χ0) is 14.7. The molecule has 1 aromatic heterocycles. The third-order valence-corrected chi connectivity index (χ3v) is 6.12. The lowest BCUT2D eigenvalue weighted by Gasteiger charge is -2.23. The van der Waals surface area contributed by atoms with Crippen molar-refractivity contribution in [3.8, 4) is 0 Å². The highest BCUT2D eigenvalue weighted by molar-refractivity contribution is 9.10. The van der Waals surface area contributed by atoms with Gasteiger partial charge in [0.25, 0.3) is 0 Å². The van der Waals surface area contributed by atoms with E-state index in [1.807, 2.05) is 24.3 Å². The van der Waals surface area contributed by atoms with Gasteiger partial charge in [-0.1, -0.05) is 22.0 Å². The van der Waals surface area contributed by atoms with Crippen LogP contribution in [0.1, 0.15) is 23.8 Å². The number of halogens is 1. The monoisotopic (exact) mass is 381 g/mol. The number of hydrogen-bond acceptors (Lipinski definition) is 3. The Labute approximate surface area is 141 Å². The van der Waals surface area contributed by atoms with Crippen molar-refractivity contribution < 1.29 is 4.79 Å². The maximum atomic E-state index is 12.5. The van der Waals surface area contributed by atoms with Crippen molar-refractivity contribution in [3.63, 3.8) is 0 Å². The van der Waals surface area contributed by atoms with Gasteiger partial charge in [0.05, 0.1) is 11.8 Å². The van der Waals surface area contributed by atoms with Crippen molar-refractivity contribution in [1.29, 1.82) is 0 Å². The van der Waals surface area contributed by atoms with E-state index in [9.17, 15) is 4.79 Å². The second-order valence-corrected chi connectivity index (χ2v) is 7.95. The molecule has 110 valence electrons. The molecule has 1 saturated heterocycles. The zero-order valence-corrected chi connectivity index (χ0v) is 14.7. The molecule has 0 spiro atoms. The van der Waals surface area contributed by atoms with E-state index < -0.39 is 0 Å². The van der Waals surface area contributed by atoms with E-state index in [1.165, 1.54) is 4.88 Å². The minimum Gasteiger partial charge on any atom is -0.334 e. The number of carbonyl (C=O) groups excluding carboxylic acids is 1. The van der Waals surface area contributed by atoms with Crippen LogP contribution in [-0.2, 0) is 4.79 Å². The molecule has 1 aliphatic heterocycles. The van der Waals surface area contributed by atoms with Crippen LogP contribution in [0.5, 0.6) is 0 Å². The predicted octanol–water partition coefficient (Wildman–Crippen LogP) is 4.97. The Bertz CT molecular complexity index is 597. The fraction of sp³-hybridized carbons (Fsp3) is 0.312. The van der Waals surface area contributed by atoms with E-state index in [0.29, 0.717) is 11.8 Å². The molecule has 1 unspecified atom stereocenters. The fourth-order valence-corrected chi connectivity index (χ4v) is 4.52. The Morgan fingerprint density at radius 1 is 1.33 bits per heavy atom. The minimum atomic E-state index is 0.249. The summed E-state index contributed by atoms with van der Waals surface area (Å²) in [6, 6.07) is 12.6. The van der Waals surface area contributed by atoms with Crippen molar-refractivity contribution in [2.24, 2.45) is 0 Å². The molecule has 1 aliphatic rings. The van der Waals surface area contributed by atoms with Gasteiger partial charge in [-0.25, -0.2) is 0 Å². The van der Waals surface area contributed by atoms with Crippen molar-refractivity contribution in [1.82, 2.24) is 4.90 Å². The third-order valence-electron chi connectivity index (χ3n) is 3.62. The first-order valence-corrected chi connectivity index (χ1v) is 9.61. The first-order valence-electron chi connectivity index (χ1n) is 6.95. The Hall–Kier alpha value is -0.780. The Kier molecular flexibility index (Phi) is 5.03. The van der Waals surface area contributed by atoms with Crippen LogP contribution in [0.15, 0.2) is 51.1 Å². The number of likely N-dealkylation sites (tertiary alicyclic amines) is 1. The van der Waals surface area contributed by atoms with E-state index >= 15 is 0 Å². The SMILES string of the molecule is O=C(CSc1ccc(Br)cc1)N1CCCC1c1cccs1. The largest absolute Gasteiger partial charge is 0.334 e. The van der Waals surface area contributed by atoms with Crippen molar-refractivity contribution >= 4 is 44.9 Å². The molecule has 21 heavy (non-hydrogen) atoms. The van der Waals surface area contributed by atoms with Gasteiger partial charge in [-0.15, -0.1) is 23.1 Å². The van der Waals surface area contributed by atoms with Crippen molar-refractivity contribution in [3.05, 3.63) is 51.1 Å². The normalized spacial score (nSPS) is 18.1. The molecule has 1 fully saturated rings. The molecule has 2 aromatic rings. The molecule has 2 nitrogen and oxygen atoms in total. The minimum absolute atomic E-state index is 0.249. The van der Waals surface area contributed by atoms with Crippen molar-refractivity contribution in [2.75, 3.05) is 12.3 Å². The van der Waals surface area contributed by atoms with E-state index in [-0.39, 0.29) is 5.91 Å². The summed E-state index contributed by atoms with van der Waals surface area (Å²) in [4.78, 5) is 17.0. The van der Waals surface area contributed by atoms with Crippen molar-refractivity contribution in [2.45, 2.75) is 23.8 Å². The number of rotatable bonds is 4. The number of benzene rings is 1. The molecule has 0 radical (unpaired) electrons. The third kappa shape index (κ3) is 3.71. The fourth-order valence-electron chi connectivity index (χ4n) is 2.60. The van der Waals surface area contributed by atoms with Gasteiger partial charge in [-0.05, 0) is 48.6 Å². The molecule has 1 aromatic carbocycles. The summed E-state index contributed by atoms with van der Waals surface area (Å²) >= 11 is 6.79. The average Bonchev–Trinajstić information content (AvgIpc) is 3.16. The van der Waals surface area contributed by atoms with Gasteiger partial charge in [0.15, 0.2) is 0 Å². The summed E-state index contributed by atoms with van der Waals surface area (Å²) in [5.41, 5.74) is 0. The van der Waals surface area contributed by atoms with Gasteiger partial charge in [0.1, 0.15) is 0 Å². The van der Waals surface area contributed by atoms with Gasteiger partial charge in [-0.2, -0.15) is 0 Å². The number of nitrogens with zero attached hydrogens (tertiary/aromatic N) is 1. The first kappa shape index (κ1) is 15.1. The van der Waals surface area contributed by atoms with Gasteiger partial charge in [0, 0.05) is 20.8 Å². The maximum Gasteiger partial charge on any atom is 0.233 e. The van der Waals surface area contributed by atoms with E-state index in [1.54, 1.807) is 23.1 Å². The number of thiophene rings is 1. The van der Waals surface area contributed by atoms with Crippen LogP contribution >= 0.6 is 39.0 Å². The van der Waals surface area contributed by atoms with Crippen LogP contribution < -0.4 is 0 Å². The number of thioether (sulfide) groups is 1. The maximum absolute atomic E-state index is 12.5. The van der Waals surface area contributed by atoms with E-state index in [4.69, 9.17) is 0 Å². The lowest BCUT2D eigenvalue weighted by Crippen LogP contribution is -2.31. The topological polar surface area (TPSA) is 20.3 Å². The summed E-state index contributed by atoms with van der Waals surface area (Å²) in [5.74, 6) is 0.766. The molecule has 3 rings (SSSR count). The molecule has 0 aliphatic carbocycles. The van der Waals surface area contributed by atoms with Gasteiger partial charge in [-0.3, -0.25) is 4.79 Å².